The van der Waals surface area contributed by atoms with Gasteiger partial charge in [-0.3, -0.25) is 0 Å². The van der Waals surface area contributed by atoms with E-state index in [-0.39, 0.29) is 6.03 Å². The molecule has 0 aliphatic rings. The average Bonchev–Trinajstić information content (AvgIpc) is 2.91. The molecule has 1 aromatic carbocycles. The van der Waals surface area contributed by atoms with Crippen LogP contribution in [0.1, 0.15) is 35.5 Å². The number of benzene rings is 1. The third kappa shape index (κ3) is 5.19. The lowest BCUT2D eigenvalue weighted by molar-refractivity contribution is 0.240. The van der Waals surface area contributed by atoms with Crippen molar-refractivity contribution in [2.75, 3.05) is 6.54 Å². The van der Waals surface area contributed by atoms with Crippen LogP contribution in [0.3, 0.4) is 0 Å². The monoisotopic (exact) mass is 303 g/mol. The van der Waals surface area contributed by atoms with Gasteiger partial charge >= 0.3 is 6.03 Å². The summed E-state index contributed by atoms with van der Waals surface area (Å²) < 4.78 is 0. The van der Waals surface area contributed by atoms with Gasteiger partial charge in [-0.15, -0.1) is 11.3 Å². The molecule has 0 saturated heterocycles. The van der Waals surface area contributed by atoms with E-state index >= 15 is 0 Å². The fraction of sp³-hybridized carbons (Fsp3) is 0.375. The molecular formula is C16H21N3OS. The second-order valence-corrected chi connectivity index (χ2v) is 6.04. The summed E-state index contributed by atoms with van der Waals surface area (Å²) in [4.78, 5) is 16.0. The first-order valence-corrected chi connectivity index (χ1v) is 8.01. The van der Waals surface area contributed by atoms with Gasteiger partial charge in [-0.05, 0) is 24.8 Å². The van der Waals surface area contributed by atoms with E-state index in [9.17, 15) is 4.79 Å². The molecule has 0 aliphatic heterocycles. The SMILES string of the molecule is Cc1csc(CNC(=O)NCC[C@@H](C)c2ccccc2)n1. The molecule has 2 rings (SSSR count). The Morgan fingerprint density at radius 1 is 1.29 bits per heavy atom. The van der Waals surface area contributed by atoms with Gasteiger partial charge in [-0.2, -0.15) is 0 Å². The van der Waals surface area contributed by atoms with Gasteiger partial charge in [0.2, 0.25) is 0 Å². The lowest BCUT2D eigenvalue weighted by Gasteiger charge is -2.12. The van der Waals surface area contributed by atoms with E-state index in [0.717, 1.165) is 17.1 Å². The minimum atomic E-state index is -0.136. The summed E-state index contributed by atoms with van der Waals surface area (Å²) >= 11 is 1.56. The Labute approximate surface area is 129 Å². The van der Waals surface area contributed by atoms with Crippen LogP contribution in [0, 0.1) is 6.92 Å². The second-order valence-electron chi connectivity index (χ2n) is 5.09. The van der Waals surface area contributed by atoms with Crippen molar-refractivity contribution in [3.63, 3.8) is 0 Å². The van der Waals surface area contributed by atoms with Gasteiger partial charge in [0.05, 0.1) is 6.54 Å². The number of hydrogen-bond donors (Lipinski definition) is 2. The van der Waals surface area contributed by atoms with Gasteiger partial charge in [-0.25, -0.2) is 9.78 Å². The third-order valence-corrected chi connectivity index (χ3v) is 4.26. The lowest BCUT2D eigenvalue weighted by Crippen LogP contribution is -2.35. The molecule has 5 heteroatoms. The largest absolute Gasteiger partial charge is 0.338 e. The molecule has 0 saturated carbocycles. The summed E-state index contributed by atoms with van der Waals surface area (Å²) in [5.74, 6) is 0.438. The van der Waals surface area contributed by atoms with Gasteiger partial charge in [-0.1, -0.05) is 37.3 Å². The number of carbonyl (C=O) groups is 1. The quantitative estimate of drug-likeness (QED) is 0.859. The lowest BCUT2D eigenvalue weighted by atomic mass is 9.98. The highest BCUT2D eigenvalue weighted by atomic mass is 32.1. The van der Waals surface area contributed by atoms with E-state index < -0.39 is 0 Å². The first-order chi connectivity index (χ1) is 10.1. The van der Waals surface area contributed by atoms with Crippen LogP contribution >= 0.6 is 11.3 Å². The van der Waals surface area contributed by atoms with Gasteiger partial charge in [0.15, 0.2) is 0 Å². The van der Waals surface area contributed by atoms with Crippen LogP contribution in [0.25, 0.3) is 0 Å². The molecule has 0 aliphatic carbocycles. The van der Waals surface area contributed by atoms with E-state index in [1.165, 1.54) is 5.56 Å². The topological polar surface area (TPSA) is 54.0 Å². The number of aryl methyl sites for hydroxylation is 1. The molecule has 1 aromatic heterocycles. The summed E-state index contributed by atoms with van der Waals surface area (Å²) in [6.07, 6.45) is 0.924. The molecule has 112 valence electrons. The molecule has 0 spiro atoms. The van der Waals surface area contributed by atoms with Crippen LogP contribution in [0.4, 0.5) is 4.79 Å². The van der Waals surface area contributed by atoms with E-state index in [1.54, 1.807) is 11.3 Å². The molecule has 1 heterocycles. The van der Waals surface area contributed by atoms with Crippen LogP contribution in [0.5, 0.6) is 0 Å². The highest BCUT2D eigenvalue weighted by molar-refractivity contribution is 7.09. The number of rotatable bonds is 6. The number of thiazole rings is 1. The Hall–Kier alpha value is -1.88. The Morgan fingerprint density at radius 2 is 2.05 bits per heavy atom. The number of urea groups is 1. The zero-order chi connectivity index (χ0) is 15.1. The highest BCUT2D eigenvalue weighted by Crippen LogP contribution is 2.17. The molecule has 21 heavy (non-hydrogen) atoms. The Bertz CT molecular complexity index is 568. The maximum absolute atomic E-state index is 11.7. The molecule has 0 unspecified atom stereocenters. The average molecular weight is 303 g/mol. The molecule has 2 aromatic rings. The van der Waals surface area contributed by atoms with Gasteiger partial charge < -0.3 is 10.6 Å². The maximum Gasteiger partial charge on any atom is 0.315 e. The van der Waals surface area contributed by atoms with Crippen molar-refractivity contribution in [1.29, 1.82) is 0 Å². The summed E-state index contributed by atoms with van der Waals surface area (Å²) in [5, 5.41) is 8.62. The van der Waals surface area contributed by atoms with Crippen LogP contribution in [-0.2, 0) is 6.54 Å². The fourth-order valence-corrected chi connectivity index (χ4v) is 2.76. The molecule has 1 atom stereocenters. The highest BCUT2D eigenvalue weighted by Gasteiger charge is 2.06. The zero-order valence-corrected chi connectivity index (χ0v) is 13.2. The Morgan fingerprint density at radius 3 is 2.71 bits per heavy atom. The van der Waals surface area contributed by atoms with Crippen molar-refractivity contribution in [1.82, 2.24) is 15.6 Å². The van der Waals surface area contributed by atoms with Crippen LogP contribution in [-0.4, -0.2) is 17.6 Å². The van der Waals surface area contributed by atoms with Crippen LogP contribution in [0.15, 0.2) is 35.7 Å². The van der Waals surface area contributed by atoms with Crippen molar-refractivity contribution < 1.29 is 4.79 Å². The molecule has 0 fully saturated rings. The predicted octanol–water partition coefficient (Wildman–Crippen LogP) is 3.44. The number of nitrogens with one attached hydrogen (secondary N) is 2. The van der Waals surface area contributed by atoms with Crippen molar-refractivity contribution in [2.45, 2.75) is 32.7 Å². The van der Waals surface area contributed by atoms with E-state index in [2.05, 4.69) is 34.7 Å². The number of amides is 2. The minimum absolute atomic E-state index is 0.136. The standard InChI is InChI=1S/C16H21N3OS/c1-12(14-6-4-3-5-7-14)8-9-17-16(20)18-10-15-19-13(2)11-21-15/h3-7,11-12H,8-10H2,1-2H3,(H2,17,18,20)/t12-/m1/s1. The van der Waals surface area contributed by atoms with Gasteiger partial charge in [0.1, 0.15) is 5.01 Å². The molecule has 2 amide bonds. The fourth-order valence-electron chi connectivity index (χ4n) is 2.05. The number of aromatic nitrogens is 1. The van der Waals surface area contributed by atoms with Crippen LogP contribution in [0.2, 0.25) is 0 Å². The summed E-state index contributed by atoms with van der Waals surface area (Å²) in [6, 6.07) is 10.2. The third-order valence-electron chi connectivity index (χ3n) is 3.30. The first kappa shape index (κ1) is 15.5. The van der Waals surface area contributed by atoms with Crippen molar-refractivity contribution in [3.05, 3.63) is 52.0 Å². The van der Waals surface area contributed by atoms with Crippen molar-refractivity contribution in [2.24, 2.45) is 0 Å². The number of hydrogen-bond acceptors (Lipinski definition) is 3. The second kappa shape index (κ2) is 7.78. The molecule has 4 nitrogen and oxygen atoms in total. The molecular weight excluding hydrogens is 282 g/mol. The zero-order valence-electron chi connectivity index (χ0n) is 12.4. The van der Waals surface area contributed by atoms with Crippen LogP contribution < -0.4 is 10.6 Å². The van der Waals surface area contributed by atoms with Crippen molar-refractivity contribution >= 4 is 17.4 Å². The molecule has 0 radical (unpaired) electrons. The first-order valence-electron chi connectivity index (χ1n) is 7.13. The molecule has 2 N–H and O–H groups in total. The van der Waals surface area contributed by atoms with Gasteiger partial charge in [0, 0.05) is 17.6 Å². The molecule has 0 bridgehead atoms. The predicted molar refractivity (Wildman–Crippen MR) is 86.6 cm³/mol. The Kier molecular flexibility index (Phi) is 5.75. The summed E-state index contributed by atoms with van der Waals surface area (Å²) in [6.45, 7) is 5.27. The van der Waals surface area contributed by atoms with E-state index in [1.807, 2.05) is 30.5 Å². The maximum atomic E-state index is 11.7. The van der Waals surface area contributed by atoms with Gasteiger partial charge in [0.25, 0.3) is 0 Å². The minimum Gasteiger partial charge on any atom is -0.338 e. The van der Waals surface area contributed by atoms with E-state index in [0.29, 0.717) is 19.0 Å². The Balaban J connectivity index is 1.65. The normalized spacial score (nSPS) is 11.9. The van der Waals surface area contributed by atoms with Crippen molar-refractivity contribution in [3.8, 4) is 0 Å². The summed E-state index contributed by atoms with van der Waals surface area (Å²) in [7, 11) is 0. The summed E-state index contributed by atoms with van der Waals surface area (Å²) in [5.41, 5.74) is 2.30. The smallest absolute Gasteiger partial charge is 0.315 e. The number of nitrogens with zero attached hydrogens (tertiary/aromatic N) is 1. The number of carbonyl (C=O) groups excluding carboxylic acids is 1. The van der Waals surface area contributed by atoms with E-state index in [4.69, 9.17) is 0 Å².